The molecule has 0 unspecified atom stereocenters. The van der Waals surface area contributed by atoms with Gasteiger partial charge >= 0.3 is 0 Å². The van der Waals surface area contributed by atoms with Gasteiger partial charge in [0.25, 0.3) is 5.89 Å². The molecule has 0 aliphatic rings. The Morgan fingerprint density at radius 1 is 0.957 bits per heavy atom. The van der Waals surface area contributed by atoms with Crippen molar-refractivity contribution in [1.29, 1.82) is 0 Å². The lowest BCUT2D eigenvalue weighted by atomic mass is 10.2. The minimum atomic E-state index is 0.213. The number of ether oxygens (including phenoxy) is 3. The lowest BCUT2D eigenvalue weighted by molar-refractivity contribution is 0.243. The summed E-state index contributed by atoms with van der Waals surface area (Å²) in [4.78, 5) is 4.33. The van der Waals surface area contributed by atoms with Gasteiger partial charge in [-0.1, -0.05) is 23.4 Å². The molecule has 0 aliphatic carbocycles. The number of hydrogen-bond donors (Lipinski definition) is 0. The zero-order valence-corrected chi connectivity index (χ0v) is 12.9. The van der Waals surface area contributed by atoms with E-state index in [1.54, 1.807) is 26.4 Å². The standard InChI is InChI=1S/C17H16N2O4/c1-20-14-9-8-12(10-15(14)21-2)17-18-16(23-19-17)11-22-13-6-4-3-5-7-13/h3-10H,11H2,1-2H3. The van der Waals surface area contributed by atoms with Crippen LogP contribution in [-0.2, 0) is 6.61 Å². The van der Waals surface area contributed by atoms with Crippen molar-refractivity contribution in [3.8, 4) is 28.6 Å². The van der Waals surface area contributed by atoms with Crippen molar-refractivity contribution in [3.05, 3.63) is 54.4 Å². The summed E-state index contributed by atoms with van der Waals surface area (Å²) in [5.74, 6) is 2.87. The van der Waals surface area contributed by atoms with Crippen LogP contribution in [0.25, 0.3) is 11.4 Å². The van der Waals surface area contributed by atoms with Crippen LogP contribution in [0.5, 0.6) is 17.2 Å². The summed E-state index contributed by atoms with van der Waals surface area (Å²) in [7, 11) is 3.17. The molecular formula is C17H16N2O4. The van der Waals surface area contributed by atoms with E-state index in [2.05, 4.69) is 10.1 Å². The maximum atomic E-state index is 5.58. The van der Waals surface area contributed by atoms with E-state index in [9.17, 15) is 0 Å². The van der Waals surface area contributed by atoms with Gasteiger partial charge in [0.15, 0.2) is 18.1 Å². The molecule has 2 aromatic carbocycles. The molecule has 3 rings (SSSR count). The van der Waals surface area contributed by atoms with Crippen LogP contribution < -0.4 is 14.2 Å². The molecule has 0 bridgehead atoms. The molecular weight excluding hydrogens is 296 g/mol. The van der Waals surface area contributed by atoms with Crippen molar-refractivity contribution in [3.63, 3.8) is 0 Å². The SMILES string of the molecule is COc1ccc(-c2noc(COc3ccccc3)n2)cc1OC. The lowest BCUT2D eigenvalue weighted by Gasteiger charge is -2.07. The van der Waals surface area contributed by atoms with E-state index in [-0.39, 0.29) is 6.61 Å². The van der Waals surface area contributed by atoms with Gasteiger partial charge in [0.2, 0.25) is 5.82 Å². The van der Waals surface area contributed by atoms with E-state index >= 15 is 0 Å². The minimum absolute atomic E-state index is 0.213. The Balaban J connectivity index is 1.74. The zero-order valence-electron chi connectivity index (χ0n) is 12.9. The second-order valence-electron chi connectivity index (χ2n) is 4.68. The van der Waals surface area contributed by atoms with Gasteiger partial charge in [-0.2, -0.15) is 4.98 Å². The van der Waals surface area contributed by atoms with Gasteiger partial charge < -0.3 is 18.7 Å². The van der Waals surface area contributed by atoms with Crippen LogP contribution in [0.1, 0.15) is 5.89 Å². The lowest BCUT2D eigenvalue weighted by Crippen LogP contribution is -1.95. The van der Waals surface area contributed by atoms with Gasteiger partial charge in [0.1, 0.15) is 5.75 Å². The van der Waals surface area contributed by atoms with Gasteiger partial charge in [-0.25, -0.2) is 0 Å². The number of methoxy groups -OCH3 is 2. The molecule has 23 heavy (non-hydrogen) atoms. The van der Waals surface area contributed by atoms with Gasteiger partial charge in [-0.05, 0) is 30.3 Å². The Hall–Kier alpha value is -3.02. The molecule has 6 nitrogen and oxygen atoms in total. The van der Waals surface area contributed by atoms with E-state index in [4.69, 9.17) is 18.7 Å². The molecule has 0 saturated carbocycles. The molecule has 0 spiro atoms. The van der Waals surface area contributed by atoms with Crippen LogP contribution in [0.15, 0.2) is 53.1 Å². The van der Waals surface area contributed by atoms with Crippen molar-refractivity contribution in [2.45, 2.75) is 6.61 Å². The Morgan fingerprint density at radius 2 is 1.74 bits per heavy atom. The van der Waals surface area contributed by atoms with Crippen molar-refractivity contribution in [2.75, 3.05) is 14.2 Å². The number of hydrogen-bond acceptors (Lipinski definition) is 6. The average molecular weight is 312 g/mol. The van der Waals surface area contributed by atoms with Crippen LogP contribution >= 0.6 is 0 Å². The minimum Gasteiger partial charge on any atom is -0.493 e. The van der Waals surface area contributed by atoms with E-state index < -0.39 is 0 Å². The fourth-order valence-electron chi connectivity index (χ4n) is 2.07. The van der Waals surface area contributed by atoms with E-state index in [1.807, 2.05) is 36.4 Å². The molecule has 0 fully saturated rings. The molecule has 0 saturated heterocycles. The molecule has 1 heterocycles. The second kappa shape index (κ2) is 6.83. The summed E-state index contributed by atoms with van der Waals surface area (Å²) in [6.07, 6.45) is 0. The molecule has 3 aromatic rings. The average Bonchev–Trinajstić information content (AvgIpc) is 3.09. The van der Waals surface area contributed by atoms with Crippen LogP contribution in [0, 0.1) is 0 Å². The maximum absolute atomic E-state index is 5.58. The first kappa shape index (κ1) is 14.9. The molecule has 0 radical (unpaired) electrons. The van der Waals surface area contributed by atoms with Gasteiger partial charge in [-0.15, -0.1) is 0 Å². The highest BCUT2D eigenvalue weighted by atomic mass is 16.5. The fraction of sp³-hybridized carbons (Fsp3) is 0.176. The molecule has 0 atom stereocenters. The normalized spacial score (nSPS) is 10.3. The third-order valence-electron chi connectivity index (χ3n) is 3.22. The topological polar surface area (TPSA) is 66.6 Å². The monoisotopic (exact) mass is 312 g/mol. The Morgan fingerprint density at radius 3 is 2.48 bits per heavy atom. The number of aromatic nitrogens is 2. The van der Waals surface area contributed by atoms with Crippen LogP contribution in [0.2, 0.25) is 0 Å². The number of para-hydroxylation sites is 1. The van der Waals surface area contributed by atoms with Crippen molar-refractivity contribution >= 4 is 0 Å². The number of rotatable bonds is 6. The van der Waals surface area contributed by atoms with Crippen LogP contribution in [0.4, 0.5) is 0 Å². The zero-order chi connectivity index (χ0) is 16.1. The fourth-order valence-corrected chi connectivity index (χ4v) is 2.07. The highest BCUT2D eigenvalue weighted by Gasteiger charge is 2.12. The maximum Gasteiger partial charge on any atom is 0.264 e. The summed E-state index contributed by atoms with van der Waals surface area (Å²) in [6, 6.07) is 14.9. The Labute approximate surface area is 133 Å². The quantitative estimate of drug-likeness (QED) is 0.695. The Kier molecular flexibility index (Phi) is 4.42. The van der Waals surface area contributed by atoms with Crippen LogP contribution in [0.3, 0.4) is 0 Å². The number of nitrogens with zero attached hydrogens (tertiary/aromatic N) is 2. The molecule has 6 heteroatoms. The summed E-state index contributed by atoms with van der Waals surface area (Å²) in [6.45, 7) is 0.213. The first-order valence-corrected chi connectivity index (χ1v) is 7.03. The molecule has 1 aromatic heterocycles. The highest BCUT2D eigenvalue weighted by molar-refractivity contribution is 5.60. The third kappa shape index (κ3) is 3.42. The van der Waals surface area contributed by atoms with Crippen molar-refractivity contribution in [1.82, 2.24) is 10.1 Å². The second-order valence-corrected chi connectivity index (χ2v) is 4.68. The van der Waals surface area contributed by atoms with Crippen molar-refractivity contribution in [2.24, 2.45) is 0 Å². The third-order valence-corrected chi connectivity index (χ3v) is 3.22. The van der Waals surface area contributed by atoms with E-state index in [0.29, 0.717) is 23.2 Å². The largest absolute Gasteiger partial charge is 0.493 e. The molecule has 0 amide bonds. The van der Waals surface area contributed by atoms with E-state index in [0.717, 1.165) is 11.3 Å². The van der Waals surface area contributed by atoms with Gasteiger partial charge in [0.05, 0.1) is 14.2 Å². The highest BCUT2D eigenvalue weighted by Crippen LogP contribution is 2.31. The summed E-state index contributed by atoms with van der Waals surface area (Å²) < 4.78 is 21.3. The summed E-state index contributed by atoms with van der Waals surface area (Å²) >= 11 is 0. The molecule has 0 aliphatic heterocycles. The molecule has 118 valence electrons. The van der Waals surface area contributed by atoms with Gasteiger partial charge in [-0.3, -0.25) is 0 Å². The first-order valence-electron chi connectivity index (χ1n) is 7.03. The Bertz CT molecular complexity index is 771. The number of benzene rings is 2. The molecule has 0 N–H and O–H groups in total. The summed E-state index contributed by atoms with van der Waals surface area (Å²) in [5, 5.41) is 3.97. The predicted octanol–water partition coefficient (Wildman–Crippen LogP) is 3.33. The summed E-state index contributed by atoms with van der Waals surface area (Å²) in [5.41, 5.74) is 0.775. The predicted molar refractivity (Wildman–Crippen MR) is 83.6 cm³/mol. The van der Waals surface area contributed by atoms with E-state index in [1.165, 1.54) is 0 Å². The smallest absolute Gasteiger partial charge is 0.264 e. The van der Waals surface area contributed by atoms with Gasteiger partial charge in [0, 0.05) is 5.56 Å². The first-order chi connectivity index (χ1) is 11.3. The van der Waals surface area contributed by atoms with Crippen molar-refractivity contribution < 1.29 is 18.7 Å². The van der Waals surface area contributed by atoms with Crippen LogP contribution in [-0.4, -0.2) is 24.4 Å².